The average Bonchev–Trinajstić information content (AvgIpc) is 3.18. The molecule has 34 heavy (non-hydrogen) atoms. The van der Waals surface area contributed by atoms with Gasteiger partial charge in [-0.05, 0) is 24.5 Å². The van der Waals surface area contributed by atoms with Crippen LogP contribution in [0.2, 0.25) is 0 Å². The van der Waals surface area contributed by atoms with Gasteiger partial charge in [0.25, 0.3) is 11.9 Å². The fourth-order valence-corrected chi connectivity index (χ4v) is 4.57. The van der Waals surface area contributed by atoms with Crippen molar-refractivity contribution in [1.29, 1.82) is 0 Å². The number of unbranched alkanes of at least 4 members (excludes halogenated alkanes) is 5. The third-order valence-corrected chi connectivity index (χ3v) is 6.56. The number of benzene rings is 1. The van der Waals surface area contributed by atoms with Crippen LogP contribution in [0.3, 0.4) is 0 Å². The fourth-order valence-electron chi connectivity index (χ4n) is 3.49. The Morgan fingerprint density at radius 2 is 1.82 bits per heavy atom. The van der Waals surface area contributed by atoms with E-state index in [4.69, 9.17) is 9.15 Å². The lowest BCUT2D eigenvalue weighted by Crippen LogP contribution is -2.30. The summed E-state index contributed by atoms with van der Waals surface area (Å²) in [6.45, 7) is 4.39. The molecule has 1 amide bonds. The molecule has 8 nitrogen and oxygen atoms in total. The minimum absolute atomic E-state index is 0.136. The second-order valence-electron chi connectivity index (χ2n) is 8.07. The van der Waals surface area contributed by atoms with Crippen LogP contribution in [0.15, 0.2) is 39.5 Å². The highest BCUT2D eigenvalue weighted by molar-refractivity contribution is 7.20. The number of aryl methyl sites for hydroxylation is 1. The number of nitrogens with zero attached hydrogens (tertiary/aromatic N) is 1. The molecule has 2 N–H and O–H groups in total. The number of carbonyl (C=O) groups excluding carboxylic acids is 2. The second-order valence-corrected chi connectivity index (χ2v) is 9.07. The molecule has 0 saturated heterocycles. The first-order chi connectivity index (χ1) is 16.5. The van der Waals surface area contributed by atoms with Gasteiger partial charge < -0.3 is 19.8 Å². The lowest BCUT2D eigenvalue weighted by Gasteiger charge is -2.06. The van der Waals surface area contributed by atoms with Crippen LogP contribution in [0, 0.1) is 6.92 Å². The molecule has 0 atom stereocenters. The lowest BCUT2D eigenvalue weighted by molar-refractivity contribution is -0.143. The molecular weight excluding hydrogens is 454 g/mol. The van der Waals surface area contributed by atoms with Crippen molar-refractivity contribution in [3.05, 3.63) is 56.8 Å². The molecule has 3 rings (SSSR count). The predicted octanol–water partition coefficient (Wildman–Crippen LogP) is 4.80. The minimum atomic E-state index is -0.546. The quantitative estimate of drug-likeness (QED) is 0.264. The smallest absolute Gasteiger partial charge is 0.349 e. The van der Waals surface area contributed by atoms with Crippen molar-refractivity contribution >= 4 is 39.4 Å². The second kappa shape index (κ2) is 12.9. The maximum Gasteiger partial charge on any atom is 0.349 e. The number of fused-ring (bicyclic) bond motifs is 1. The fraction of sp³-hybridized carbons (Fsp3) is 0.440. The molecule has 0 saturated carbocycles. The number of esters is 1. The molecule has 0 radical (unpaired) electrons. The van der Waals surface area contributed by atoms with E-state index in [1.165, 1.54) is 25.7 Å². The molecule has 0 bridgehead atoms. The summed E-state index contributed by atoms with van der Waals surface area (Å²) in [5.74, 6) is -1.01. The average molecular weight is 486 g/mol. The zero-order valence-electron chi connectivity index (χ0n) is 19.6. The number of carbonyl (C=O) groups is 2. The molecule has 0 unspecified atom stereocenters. The summed E-state index contributed by atoms with van der Waals surface area (Å²) in [6.07, 6.45) is 6.96. The summed E-state index contributed by atoms with van der Waals surface area (Å²) in [5.41, 5.74) is 0.811. The SMILES string of the molecule is CCCCCCCCNc1nc2sc(C(=O)NCC(=O)OCc3ccccc3)c(C)c2c(=O)o1. The Hall–Kier alpha value is -3.20. The molecule has 0 aliphatic carbocycles. The molecule has 3 aromatic rings. The van der Waals surface area contributed by atoms with Gasteiger partial charge in [0.05, 0.1) is 4.88 Å². The first kappa shape index (κ1) is 25.4. The number of amides is 1. The van der Waals surface area contributed by atoms with Gasteiger partial charge in [0.15, 0.2) is 0 Å². The maximum absolute atomic E-state index is 12.6. The Labute approximate surface area is 202 Å². The summed E-state index contributed by atoms with van der Waals surface area (Å²) in [5, 5.41) is 5.90. The number of hydrogen-bond donors (Lipinski definition) is 2. The van der Waals surface area contributed by atoms with Crippen molar-refractivity contribution in [2.24, 2.45) is 0 Å². The number of nitrogens with one attached hydrogen (secondary N) is 2. The van der Waals surface area contributed by atoms with E-state index in [-0.39, 0.29) is 24.6 Å². The van der Waals surface area contributed by atoms with E-state index in [0.29, 0.717) is 21.8 Å². The van der Waals surface area contributed by atoms with Crippen molar-refractivity contribution in [3.8, 4) is 0 Å². The van der Waals surface area contributed by atoms with Crippen LogP contribution in [-0.4, -0.2) is 29.9 Å². The van der Waals surface area contributed by atoms with Gasteiger partial charge >= 0.3 is 11.6 Å². The normalized spacial score (nSPS) is 10.9. The molecule has 0 aliphatic heterocycles. The van der Waals surface area contributed by atoms with Gasteiger partial charge in [-0.3, -0.25) is 9.59 Å². The molecule has 2 aromatic heterocycles. The number of anilines is 1. The standard InChI is InChI=1S/C25H31N3O5S/c1-3-4-5-6-7-11-14-26-25-28-23-20(24(31)33-25)17(2)21(34-23)22(30)27-15-19(29)32-16-18-12-9-8-10-13-18/h8-10,12-13H,3-7,11,14-16H2,1-2H3,(H,26,28)(H,27,30). The van der Waals surface area contributed by atoms with Crippen molar-refractivity contribution in [2.75, 3.05) is 18.4 Å². The number of rotatable bonds is 13. The number of aromatic nitrogens is 1. The van der Waals surface area contributed by atoms with Crippen molar-refractivity contribution in [2.45, 2.75) is 59.0 Å². The first-order valence-corrected chi connectivity index (χ1v) is 12.5. The Morgan fingerprint density at radius 3 is 2.59 bits per heavy atom. The zero-order valence-corrected chi connectivity index (χ0v) is 20.5. The van der Waals surface area contributed by atoms with Gasteiger partial charge in [0.1, 0.15) is 23.4 Å². The Balaban J connectivity index is 1.54. The van der Waals surface area contributed by atoms with Crippen LogP contribution in [0.1, 0.15) is 66.2 Å². The third kappa shape index (κ3) is 7.15. The summed E-state index contributed by atoms with van der Waals surface area (Å²) in [6, 6.07) is 9.45. The third-order valence-electron chi connectivity index (χ3n) is 5.37. The van der Waals surface area contributed by atoms with E-state index in [0.717, 1.165) is 29.7 Å². The van der Waals surface area contributed by atoms with Gasteiger partial charge in [-0.1, -0.05) is 69.4 Å². The van der Waals surface area contributed by atoms with E-state index in [2.05, 4.69) is 22.5 Å². The molecule has 9 heteroatoms. The highest BCUT2D eigenvalue weighted by atomic mass is 32.1. The summed E-state index contributed by atoms with van der Waals surface area (Å²) >= 11 is 1.10. The van der Waals surface area contributed by atoms with E-state index < -0.39 is 17.5 Å². The molecule has 1 aromatic carbocycles. The predicted molar refractivity (Wildman–Crippen MR) is 133 cm³/mol. The summed E-state index contributed by atoms with van der Waals surface area (Å²) in [7, 11) is 0. The van der Waals surface area contributed by atoms with Crippen LogP contribution < -0.4 is 16.3 Å². The number of hydrogen-bond acceptors (Lipinski definition) is 8. The highest BCUT2D eigenvalue weighted by Gasteiger charge is 2.21. The van der Waals surface area contributed by atoms with Crippen LogP contribution in [-0.2, 0) is 16.1 Å². The van der Waals surface area contributed by atoms with Gasteiger partial charge in [0, 0.05) is 6.54 Å². The van der Waals surface area contributed by atoms with Crippen LogP contribution in [0.5, 0.6) is 0 Å². The number of ether oxygens (including phenoxy) is 1. The maximum atomic E-state index is 12.6. The van der Waals surface area contributed by atoms with Gasteiger partial charge in [0.2, 0.25) is 0 Å². The molecule has 0 aliphatic rings. The molecule has 0 fully saturated rings. The van der Waals surface area contributed by atoms with E-state index >= 15 is 0 Å². The summed E-state index contributed by atoms with van der Waals surface area (Å²) in [4.78, 5) is 42.3. The number of thiophene rings is 1. The van der Waals surface area contributed by atoms with Gasteiger partial charge in [-0.2, -0.15) is 4.98 Å². The first-order valence-electron chi connectivity index (χ1n) is 11.7. The molecule has 2 heterocycles. The van der Waals surface area contributed by atoms with E-state index in [1.807, 2.05) is 30.3 Å². The van der Waals surface area contributed by atoms with E-state index in [1.54, 1.807) is 6.92 Å². The van der Waals surface area contributed by atoms with E-state index in [9.17, 15) is 14.4 Å². The lowest BCUT2D eigenvalue weighted by atomic mass is 10.1. The van der Waals surface area contributed by atoms with Gasteiger partial charge in [-0.15, -0.1) is 11.3 Å². The van der Waals surface area contributed by atoms with Crippen LogP contribution in [0.25, 0.3) is 10.2 Å². The monoisotopic (exact) mass is 485 g/mol. The van der Waals surface area contributed by atoms with Crippen molar-refractivity contribution in [3.63, 3.8) is 0 Å². The topological polar surface area (TPSA) is 111 Å². The zero-order chi connectivity index (χ0) is 24.3. The van der Waals surface area contributed by atoms with Crippen molar-refractivity contribution < 1.29 is 18.7 Å². The largest absolute Gasteiger partial charge is 0.460 e. The highest BCUT2D eigenvalue weighted by Crippen LogP contribution is 2.28. The molecule has 182 valence electrons. The molecule has 0 spiro atoms. The van der Waals surface area contributed by atoms with Crippen molar-refractivity contribution in [1.82, 2.24) is 10.3 Å². The minimum Gasteiger partial charge on any atom is -0.460 e. The van der Waals surface area contributed by atoms with Gasteiger partial charge in [-0.25, -0.2) is 4.79 Å². The molecular formula is C25H31N3O5S. The van der Waals surface area contributed by atoms with Crippen LogP contribution >= 0.6 is 11.3 Å². The Kier molecular flexibility index (Phi) is 9.63. The Bertz CT molecular complexity index is 1160. The Morgan fingerprint density at radius 1 is 1.09 bits per heavy atom. The van der Waals surface area contributed by atoms with Crippen LogP contribution in [0.4, 0.5) is 6.01 Å². The summed E-state index contributed by atoms with van der Waals surface area (Å²) < 4.78 is 10.5.